The van der Waals surface area contributed by atoms with E-state index in [4.69, 9.17) is 21.4 Å². The van der Waals surface area contributed by atoms with E-state index in [9.17, 15) is 4.79 Å². The van der Waals surface area contributed by atoms with Gasteiger partial charge in [-0.15, -0.1) is 0 Å². The Labute approximate surface area is 115 Å². The Kier molecular flexibility index (Phi) is 4.02. The minimum atomic E-state index is -1.05. The van der Waals surface area contributed by atoms with Gasteiger partial charge in [-0.2, -0.15) is 0 Å². The van der Waals surface area contributed by atoms with Crippen LogP contribution in [-0.2, 0) is 0 Å². The second-order valence-electron chi connectivity index (χ2n) is 3.84. The molecule has 1 N–H and O–H groups in total. The van der Waals surface area contributed by atoms with Crippen molar-refractivity contribution in [3.8, 4) is 16.9 Å². The average Bonchev–Trinajstić information content (AvgIpc) is 2.39. The third-order valence-electron chi connectivity index (χ3n) is 2.55. The van der Waals surface area contributed by atoms with Crippen molar-refractivity contribution >= 4 is 17.6 Å². The molecule has 0 aliphatic carbocycles. The zero-order chi connectivity index (χ0) is 13.8. The quantitative estimate of drug-likeness (QED) is 0.929. The van der Waals surface area contributed by atoms with E-state index in [1.807, 2.05) is 13.0 Å². The van der Waals surface area contributed by atoms with Crippen LogP contribution < -0.4 is 4.74 Å². The Hall–Kier alpha value is -2.07. The maximum absolute atomic E-state index is 11.0. The number of rotatable bonds is 4. The lowest BCUT2D eigenvalue weighted by molar-refractivity contribution is 0.0697. The monoisotopic (exact) mass is 277 g/mol. The van der Waals surface area contributed by atoms with E-state index in [1.165, 1.54) is 6.07 Å². The van der Waals surface area contributed by atoms with Gasteiger partial charge in [0.05, 0.1) is 23.4 Å². The number of carboxylic acid groups (broad SMARTS) is 1. The fourth-order valence-electron chi connectivity index (χ4n) is 1.69. The van der Waals surface area contributed by atoms with Gasteiger partial charge in [-0.25, -0.2) is 4.79 Å². The smallest absolute Gasteiger partial charge is 0.337 e. The first-order valence-corrected chi connectivity index (χ1v) is 6.10. The third-order valence-corrected chi connectivity index (χ3v) is 2.88. The molecule has 0 aliphatic heterocycles. The minimum absolute atomic E-state index is 0.0704. The van der Waals surface area contributed by atoms with Crippen LogP contribution in [0.15, 0.2) is 36.7 Å². The van der Waals surface area contributed by atoms with Crippen molar-refractivity contribution in [3.63, 3.8) is 0 Å². The van der Waals surface area contributed by atoms with Crippen LogP contribution in [0, 0.1) is 0 Å². The van der Waals surface area contributed by atoms with Gasteiger partial charge in [-0.3, -0.25) is 4.98 Å². The zero-order valence-electron chi connectivity index (χ0n) is 10.3. The van der Waals surface area contributed by atoms with Crippen LogP contribution in [0.3, 0.4) is 0 Å². The number of halogens is 1. The lowest BCUT2D eigenvalue weighted by Gasteiger charge is -2.07. The second kappa shape index (κ2) is 5.71. The molecule has 19 heavy (non-hydrogen) atoms. The summed E-state index contributed by atoms with van der Waals surface area (Å²) < 4.78 is 5.36. The molecular weight excluding hydrogens is 266 g/mol. The lowest BCUT2D eigenvalue weighted by atomic mass is 10.0. The lowest BCUT2D eigenvalue weighted by Crippen LogP contribution is -1.98. The van der Waals surface area contributed by atoms with E-state index in [0.29, 0.717) is 12.4 Å². The molecule has 0 saturated heterocycles. The normalized spacial score (nSPS) is 10.2. The molecule has 1 aromatic carbocycles. The van der Waals surface area contributed by atoms with Crippen molar-refractivity contribution in [1.29, 1.82) is 0 Å². The number of carboxylic acids is 1. The van der Waals surface area contributed by atoms with Crippen LogP contribution in [0.25, 0.3) is 11.1 Å². The predicted octanol–water partition coefficient (Wildman–Crippen LogP) is 3.50. The summed E-state index contributed by atoms with van der Waals surface area (Å²) in [4.78, 5) is 15.1. The summed E-state index contributed by atoms with van der Waals surface area (Å²) >= 11 is 5.84. The van der Waals surface area contributed by atoms with Crippen molar-refractivity contribution in [2.45, 2.75) is 6.92 Å². The minimum Gasteiger partial charge on any atom is -0.492 e. The van der Waals surface area contributed by atoms with Crippen LogP contribution in [0.2, 0.25) is 5.02 Å². The maximum Gasteiger partial charge on any atom is 0.337 e. The van der Waals surface area contributed by atoms with Crippen molar-refractivity contribution in [1.82, 2.24) is 4.98 Å². The van der Waals surface area contributed by atoms with Crippen molar-refractivity contribution < 1.29 is 14.6 Å². The number of carbonyl (C=O) groups is 1. The number of hydrogen-bond acceptors (Lipinski definition) is 3. The molecule has 0 unspecified atom stereocenters. The fraction of sp³-hybridized carbons (Fsp3) is 0.143. The van der Waals surface area contributed by atoms with Crippen molar-refractivity contribution in [3.05, 3.63) is 47.2 Å². The van der Waals surface area contributed by atoms with Gasteiger partial charge in [-0.1, -0.05) is 17.7 Å². The molecule has 2 rings (SSSR count). The Morgan fingerprint density at radius 1 is 1.32 bits per heavy atom. The first kappa shape index (κ1) is 13.4. The van der Waals surface area contributed by atoms with E-state index >= 15 is 0 Å². The molecule has 2 aromatic rings. The SMILES string of the molecule is CCOc1cncc(-c2ccc(Cl)c(C(=O)O)c2)c1. The summed E-state index contributed by atoms with van der Waals surface area (Å²) in [6, 6.07) is 6.65. The van der Waals surface area contributed by atoms with Crippen LogP contribution in [-0.4, -0.2) is 22.7 Å². The fourth-order valence-corrected chi connectivity index (χ4v) is 1.89. The Morgan fingerprint density at radius 3 is 2.79 bits per heavy atom. The first-order valence-electron chi connectivity index (χ1n) is 5.73. The number of aromatic nitrogens is 1. The van der Waals surface area contributed by atoms with Crippen molar-refractivity contribution in [2.75, 3.05) is 6.61 Å². The van der Waals surface area contributed by atoms with Gasteiger partial charge in [0.15, 0.2) is 0 Å². The summed E-state index contributed by atoms with van der Waals surface area (Å²) in [5.74, 6) is -0.410. The van der Waals surface area contributed by atoms with Crippen molar-refractivity contribution in [2.24, 2.45) is 0 Å². The second-order valence-corrected chi connectivity index (χ2v) is 4.25. The van der Waals surface area contributed by atoms with Crippen LogP contribution in [0.5, 0.6) is 5.75 Å². The molecule has 0 fully saturated rings. The standard InChI is InChI=1S/C14H12ClNO3/c1-2-19-11-5-10(7-16-8-11)9-3-4-13(15)12(6-9)14(17)18/h3-8H,2H2,1H3,(H,17,18). The molecule has 98 valence electrons. The summed E-state index contributed by atoms with van der Waals surface area (Å²) in [5, 5.41) is 9.26. The number of hydrogen-bond donors (Lipinski definition) is 1. The Bertz CT molecular complexity index is 613. The van der Waals surface area contributed by atoms with Gasteiger partial charge in [-0.05, 0) is 30.7 Å². The highest BCUT2D eigenvalue weighted by Crippen LogP contribution is 2.27. The van der Waals surface area contributed by atoms with Gasteiger partial charge in [0.25, 0.3) is 0 Å². The zero-order valence-corrected chi connectivity index (χ0v) is 11.0. The number of aromatic carboxylic acids is 1. The van der Waals surface area contributed by atoms with Gasteiger partial charge < -0.3 is 9.84 Å². The molecule has 1 aromatic heterocycles. The molecule has 0 aliphatic rings. The topological polar surface area (TPSA) is 59.4 Å². The number of ether oxygens (including phenoxy) is 1. The molecule has 5 heteroatoms. The molecule has 0 amide bonds. The third kappa shape index (κ3) is 3.03. The van der Waals surface area contributed by atoms with Gasteiger partial charge in [0.2, 0.25) is 0 Å². The van der Waals surface area contributed by atoms with E-state index in [1.54, 1.807) is 24.5 Å². The number of nitrogens with zero attached hydrogens (tertiary/aromatic N) is 1. The summed E-state index contributed by atoms with van der Waals surface area (Å²) in [6.45, 7) is 2.43. The molecular formula is C14H12ClNO3. The van der Waals surface area contributed by atoms with Crippen LogP contribution >= 0.6 is 11.6 Å². The van der Waals surface area contributed by atoms with Crippen LogP contribution in [0.4, 0.5) is 0 Å². The Morgan fingerprint density at radius 2 is 2.11 bits per heavy atom. The largest absolute Gasteiger partial charge is 0.492 e. The molecule has 0 saturated carbocycles. The van der Waals surface area contributed by atoms with E-state index in [2.05, 4.69) is 4.98 Å². The van der Waals surface area contributed by atoms with E-state index in [-0.39, 0.29) is 10.6 Å². The van der Waals surface area contributed by atoms with E-state index < -0.39 is 5.97 Å². The summed E-state index contributed by atoms with van der Waals surface area (Å²) in [7, 11) is 0. The summed E-state index contributed by atoms with van der Waals surface area (Å²) in [5.41, 5.74) is 1.59. The number of benzene rings is 1. The molecule has 0 atom stereocenters. The highest BCUT2D eigenvalue weighted by molar-refractivity contribution is 6.33. The molecule has 4 nitrogen and oxygen atoms in total. The summed E-state index contributed by atoms with van der Waals surface area (Å²) in [6.07, 6.45) is 3.26. The molecule has 0 spiro atoms. The molecule has 0 radical (unpaired) electrons. The maximum atomic E-state index is 11.0. The molecule has 1 heterocycles. The highest BCUT2D eigenvalue weighted by atomic mass is 35.5. The Balaban J connectivity index is 2.44. The van der Waals surface area contributed by atoms with Crippen LogP contribution in [0.1, 0.15) is 17.3 Å². The first-order chi connectivity index (χ1) is 9.11. The van der Waals surface area contributed by atoms with Gasteiger partial charge in [0.1, 0.15) is 5.75 Å². The predicted molar refractivity (Wildman–Crippen MR) is 72.8 cm³/mol. The average molecular weight is 278 g/mol. The molecule has 0 bridgehead atoms. The van der Waals surface area contributed by atoms with Gasteiger partial charge in [0, 0.05) is 11.8 Å². The van der Waals surface area contributed by atoms with E-state index in [0.717, 1.165) is 11.1 Å². The van der Waals surface area contributed by atoms with Gasteiger partial charge >= 0.3 is 5.97 Å². The highest BCUT2D eigenvalue weighted by Gasteiger charge is 2.10. The number of pyridine rings is 1.